The lowest BCUT2D eigenvalue weighted by molar-refractivity contribution is 0.0699. The summed E-state index contributed by atoms with van der Waals surface area (Å²) >= 11 is 1.20. The van der Waals surface area contributed by atoms with Crippen LogP contribution in [0.15, 0.2) is 40.1 Å². The zero-order chi connectivity index (χ0) is 22.1. The minimum absolute atomic E-state index is 0.0973. The van der Waals surface area contributed by atoms with Crippen LogP contribution in [0.1, 0.15) is 65.5 Å². The van der Waals surface area contributed by atoms with Crippen molar-refractivity contribution in [1.82, 2.24) is 0 Å². The summed E-state index contributed by atoms with van der Waals surface area (Å²) in [5.74, 6) is -0.323. The van der Waals surface area contributed by atoms with Gasteiger partial charge in [-0.3, -0.25) is 4.79 Å². The first-order valence-electron chi connectivity index (χ1n) is 9.67. The molecule has 0 fully saturated rings. The van der Waals surface area contributed by atoms with Crippen LogP contribution in [-0.4, -0.2) is 17.0 Å². The van der Waals surface area contributed by atoms with E-state index in [2.05, 4.69) is 5.32 Å². The van der Waals surface area contributed by atoms with Gasteiger partial charge in [0.25, 0.3) is 5.91 Å². The van der Waals surface area contributed by atoms with Crippen molar-refractivity contribution in [3.63, 3.8) is 0 Å². The van der Waals surface area contributed by atoms with E-state index in [0.717, 1.165) is 11.1 Å². The normalized spacial score (nSPS) is 9.62. The molecule has 2 aromatic heterocycles. The van der Waals surface area contributed by atoms with E-state index in [4.69, 9.17) is 4.42 Å². The minimum Gasteiger partial charge on any atom is -0.478 e. The Morgan fingerprint density at radius 1 is 1.00 bits per heavy atom. The van der Waals surface area contributed by atoms with E-state index in [1.807, 2.05) is 58.9 Å². The molecule has 2 heterocycles. The van der Waals surface area contributed by atoms with E-state index < -0.39 is 5.97 Å². The zero-order valence-electron chi connectivity index (χ0n) is 18.0. The molecule has 0 aliphatic rings. The molecule has 3 aromatic rings. The van der Waals surface area contributed by atoms with Gasteiger partial charge in [-0.15, -0.1) is 11.3 Å². The number of carboxylic acids is 1. The van der Waals surface area contributed by atoms with E-state index in [1.165, 1.54) is 11.3 Å². The SMILES string of the molecule is CC.CC.Cc1ccc(-c2csc(NC(=O)c3cc(C)oc3C)c2C(=O)O)cc1. The Hall–Kier alpha value is -2.86. The summed E-state index contributed by atoms with van der Waals surface area (Å²) in [6.45, 7) is 13.4. The topological polar surface area (TPSA) is 79.5 Å². The fraction of sp³-hybridized carbons (Fsp3) is 0.304. The van der Waals surface area contributed by atoms with Crippen molar-refractivity contribution >= 4 is 28.2 Å². The van der Waals surface area contributed by atoms with E-state index >= 15 is 0 Å². The predicted molar refractivity (Wildman–Crippen MR) is 120 cm³/mol. The van der Waals surface area contributed by atoms with Crippen molar-refractivity contribution in [2.75, 3.05) is 5.32 Å². The smallest absolute Gasteiger partial charge is 0.339 e. The number of carbonyl (C=O) groups is 2. The molecule has 0 atom stereocenters. The summed E-state index contributed by atoms with van der Waals surface area (Å²) in [5.41, 5.74) is 2.98. The maximum Gasteiger partial charge on any atom is 0.339 e. The van der Waals surface area contributed by atoms with Crippen molar-refractivity contribution in [2.45, 2.75) is 48.5 Å². The Morgan fingerprint density at radius 3 is 2.07 bits per heavy atom. The Kier molecular flexibility index (Phi) is 9.35. The molecule has 0 bridgehead atoms. The number of rotatable bonds is 4. The number of carboxylic acid groups (broad SMARTS) is 1. The van der Waals surface area contributed by atoms with Crippen molar-refractivity contribution < 1.29 is 19.1 Å². The van der Waals surface area contributed by atoms with Gasteiger partial charge in [-0.05, 0) is 32.4 Å². The van der Waals surface area contributed by atoms with Crippen molar-refractivity contribution in [1.29, 1.82) is 0 Å². The third kappa shape index (κ3) is 5.81. The third-order valence-electron chi connectivity index (χ3n) is 3.88. The Labute approximate surface area is 176 Å². The molecular weight excluding hydrogens is 386 g/mol. The molecule has 2 N–H and O–H groups in total. The highest BCUT2D eigenvalue weighted by Crippen LogP contribution is 2.36. The van der Waals surface area contributed by atoms with Gasteiger partial charge in [0.1, 0.15) is 22.1 Å². The lowest BCUT2D eigenvalue weighted by Crippen LogP contribution is -2.13. The van der Waals surface area contributed by atoms with E-state index in [-0.39, 0.29) is 11.5 Å². The van der Waals surface area contributed by atoms with Crippen molar-refractivity contribution in [3.05, 3.63) is 63.9 Å². The number of hydrogen-bond acceptors (Lipinski definition) is 4. The number of aryl methyl sites for hydroxylation is 3. The lowest BCUT2D eigenvalue weighted by Gasteiger charge is -2.06. The standard InChI is InChI=1S/C19H17NO4S.2C2H6/c1-10-4-6-13(7-5-10)15-9-25-18(16(15)19(22)23)20-17(21)14-8-11(2)24-12(14)3;2*1-2/h4-9H,1-3H3,(H,20,21)(H,22,23);2*1-2H3. The molecule has 1 amide bonds. The fourth-order valence-electron chi connectivity index (χ4n) is 2.63. The second-order valence-electron chi connectivity index (χ2n) is 5.81. The van der Waals surface area contributed by atoms with E-state index in [9.17, 15) is 14.7 Å². The van der Waals surface area contributed by atoms with Gasteiger partial charge < -0.3 is 14.8 Å². The maximum absolute atomic E-state index is 12.5. The highest BCUT2D eigenvalue weighted by atomic mass is 32.1. The molecular formula is C23H29NO4S. The Balaban J connectivity index is 0.000000989. The molecule has 0 aliphatic heterocycles. The van der Waals surface area contributed by atoms with Gasteiger partial charge in [0.2, 0.25) is 0 Å². The molecule has 0 spiro atoms. The molecule has 6 heteroatoms. The van der Waals surface area contributed by atoms with Crippen molar-refractivity contribution in [3.8, 4) is 11.1 Å². The summed E-state index contributed by atoms with van der Waals surface area (Å²) in [4.78, 5) is 24.2. The Bertz CT molecular complexity index is 952. The van der Waals surface area contributed by atoms with Crippen LogP contribution in [0.2, 0.25) is 0 Å². The quantitative estimate of drug-likeness (QED) is 0.484. The first-order valence-corrected chi connectivity index (χ1v) is 10.5. The number of hydrogen-bond donors (Lipinski definition) is 2. The molecule has 0 saturated heterocycles. The number of furan rings is 1. The van der Waals surface area contributed by atoms with Crippen LogP contribution >= 0.6 is 11.3 Å². The Morgan fingerprint density at radius 2 is 1.59 bits per heavy atom. The molecule has 3 rings (SSSR count). The maximum atomic E-state index is 12.5. The molecule has 0 aliphatic carbocycles. The molecule has 0 radical (unpaired) electrons. The van der Waals surface area contributed by atoms with E-state index in [1.54, 1.807) is 25.3 Å². The number of carbonyl (C=O) groups excluding carboxylic acids is 1. The number of amides is 1. The molecule has 1 aromatic carbocycles. The summed E-state index contributed by atoms with van der Waals surface area (Å²) in [6.07, 6.45) is 0. The average Bonchev–Trinajstić information content (AvgIpc) is 3.28. The largest absolute Gasteiger partial charge is 0.478 e. The van der Waals surface area contributed by atoms with Crippen LogP contribution in [0.25, 0.3) is 11.1 Å². The van der Waals surface area contributed by atoms with E-state index in [0.29, 0.717) is 27.6 Å². The number of nitrogens with one attached hydrogen (secondary N) is 1. The minimum atomic E-state index is -1.08. The number of thiophene rings is 1. The predicted octanol–water partition coefficient (Wildman–Crippen LogP) is 6.94. The molecule has 0 unspecified atom stereocenters. The summed E-state index contributed by atoms with van der Waals surface area (Å²) in [6, 6.07) is 9.24. The number of anilines is 1. The van der Waals surface area contributed by atoms with Gasteiger partial charge in [0.05, 0.1) is 5.56 Å². The fourth-order valence-corrected chi connectivity index (χ4v) is 3.59. The summed E-state index contributed by atoms with van der Waals surface area (Å²) in [5, 5.41) is 14.4. The summed E-state index contributed by atoms with van der Waals surface area (Å²) < 4.78 is 5.36. The summed E-state index contributed by atoms with van der Waals surface area (Å²) in [7, 11) is 0. The zero-order valence-corrected chi connectivity index (χ0v) is 18.9. The highest BCUT2D eigenvalue weighted by molar-refractivity contribution is 7.15. The molecule has 156 valence electrons. The van der Waals surface area contributed by atoms with Crippen molar-refractivity contribution in [2.24, 2.45) is 0 Å². The van der Waals surface area contributed by atoms with Gasteiger partial charge in [-0.25, -0.2) is 4.79 Å². The van der Waals surface area contributed by atoms with Gasteiger partial charge in [-0.2, -0.15) is 0 Å². The number of aromatic carboxylic acids is 1. The molecule has 29 heavy (non-hydrogen) atoms. The van der Waals surface area contributed by atoms with Crippen LogP contribution in [-0.2, 0) is 0 Å². The average molecular weight is 416 g/mol. The second kappa shape index (κ2) is 11.2. The van der Waals surface area contributed by atoms with Gasteiger partial charge in [0, 0.05) is 10.9 Å². The van der Waals surface area contributed by atoms with Crippen LogP contribution in [0, 0.1) is 20.8 Å². The molecule has 0 saturated carbocycles. The van der Waals surface area contributed by atoms with Gasteiger partial charge >= 0.3 is 5.97 Å². The van der Waals surface area contributed by atoms with Crippen LogP contribution in [0.4, 0.5) is 5.00 Å². The van der Waals surface area contributed by atoms with Crippen LogP contribution in [0.5, 0.6) is 0 Å². The highest BCUT2D eigenvalue weighted by Gasteiger charge is 2.22. The first-order chi connectivity index (χ1) is 13.9. The monoisotopic (exact) mass is 415 g/mol. The van der Waals surface area contributed by atoms with Gasteiger partial charge in [-0.1, -0.05) is 57.5 Å². The third-order valence-corrected chi connectivity index (χ3v) is 4.78. The second-order valence-corrected chi connectivity index (χ2v) is 6.69. The number of benzene rings is 1. The van der Waals surface area contributed by atoms with Gasteiger partial charge in [0.15, 0.2) is 0 Å². The van der Waals surface area contributed by atoms with Crippen LogP contribution in [0.3, 0.4) is 0 Å². The molecule has 5 nitrogen and oxygen atoms in total. The van der Waals surface area contributed by atoms with Crippen LogP contribution < -0.4 is 5.32 Å². The lowest BCUT2D eigenvalue weighted by atomic mass is 10.0. The first kappa shape index (κ1) is 24.2.